The Kier molecular flexibility index (Phi) is 3.06. The summed E-state index contributed by atoms with van der Waals surface area (Å²) in [5.41, 5.74) is 1.93. The highest BCUT2D eigenvalue weighted by Gasteiger charge is 2.27. The van der Waals surface area contributed by atoms with Crippen molar-refractivity contribution in [2.75, 3.05) is 0 Å². The third-order valence-electron chi connectivity index (χ3n) is 3.84. The van der Waals surface area contributed by atoms with Crippen LogP contribution in [0.3, 0.4) is 0 Å². The zero-order valence-electron chi connectivity index (χ0n) is 10.5. The Morgan fingerprint density at radius 1 is 1.44 bits per heavy atom. The van der Waals surface area contributed by atoms with Crippen molar-refractivity contribution in [2.24, 2.45) is 5.92 Å². The van der Waals surface area contributed by atoms with Crippen LogP contribution in [0.1, 0.15) is 45.0 Å². The molecule has 3 heteroatoms. The van der Waals surface area contributed by atoms with E-state index in [0.29, 0.717) is 6.54 Å². The molecule has 16 heavy (non-hydrogen) atoms. The van der Waals surface area contributed by atoms with Crippen LogP contribution < -0.4 is 0 Å². The summed E-state index contributed by atoms with van der Waals surface area (Å²) in [7, 11) is 0. The van der Waals surface area contributed by atoms with Crippen LogP contribution in [-0.2, 0) is 19.4 Å². The highest BCUT2D eigenvalue weighted by molar-refractivity contribution is 5.16. The number of fused-ring (bicyclic) bond motifs is 1. The Morgan fingerprint density at radius 3 is 2.81 bits per heavy atom. The Hall–Kier alpha value is -0.830. The Balaban J connectivity index is 2.19. The zero-order chi connectivity index (χ0) is 11.8. The Labute approximate surface area is 97.5 Å². The first kappa shape index (κ1) is 11.6. The van der Waals surface area contributed by atoms with Crippen LogP contribution in [0, 0.1) is 5.92 Å². The number of rotatable bonds is 3. The van der Waals surface area contributed by atoms with Gasteiger partial charge in [0.1, 0.15) is 0 Å². The van der Waals surface area contributed by atoms with E-state index in [2.05, 4.69) is 23.4 Å². The van der Waals surface area contributed by atoms with Crippen LogP contribution in [-0.4, -0.2) is 20.3 Å². The molecule has 1 N–H and O–H groups in total. The van der Waals surface area contributed by atoms with E-state index in [-0.39, 0.29) is 5.92 Å². The van der Waals surface area contributed by atoms with Crippen LogP contribution in [0.2, 0.25) is 0 Å². The summed E-state index contributed by atoms with van der Waals surface area (Å²) >= 11 is 0. The first-order valence-electron chi connectivity index (χ1n) is 6.26. The van der Waals surface area contributed by atoms with E-state index < -0.39 is 5.60 Å². The molecular weight excluding hydrogens is 200 g/mol. The second kappa shape index (κ2) is 4.21. The average molecular weight is 222 g/mol. The fourth-order valence-corrected chi connectivity index (χ4v) is 2.19. The zero-order valence-corrected chi connectivity index (χ0v) is 10.5. The van der Waals surface area contributed by atoms with Gasteiger partial charge < -0.3 is 9.67 Å². The van der Waals surface area contributed by atoms with E-state index in [1.807, 2.05) is 13.3 Å². The van der Waals surface area contributed by atoms with Gasteiger partial charge in [0.05, 0.1) is 24.2 Å². The van der Waals surface area contributed by atoms with E-state index in [0.717, 1.165) is 12.8 Å². The molecule has 0 saturated heterocycles. The summed E-state index contributed by atoms with van der Waals surface area (Å²) in [6.45, 7) is 6.69. The molecule has 0 aromatic carbocycles. The van der Waals surface area contributed by atoms with Crippen LogP contribution >= 0.6 is 0 Å². The summed E-state index contributed by atoms with van der Waals surface area (Å²) in [6.07, 6.45) is 6.62. The molecule has 0 spiro atoms. The van der Waals surface area contributed by atoms with Gasteiger partial charge in [-0.2, -0.15) is 0 Å². The number of nitrogens with zero attached hydrogens (tertiary/aromatic N) is 2. The van der Waals surface area contributed by atoms with Crippen LogP contribution in [0.4, 0.5) is 0 Å². The van der Waals surface area contributed by atoms with Gasteiger partial charge in [0.25, 0.3) is 0 Å². The van der Waals surface area contributed by atoms with Crippen LogP contribution in [0.25, 0.3) is 0 Å². The van der Waals surface area contributed by atoms with Crippen molar-refractivity contribution in [3.05, 3.63) is 17.7 Å². The standard InChI is InChI=1S/C13H22N2O/c1-10(2)13(3,16)8-15-9-14-11-6-4-5-7-12(11)15/h9-10,16H,4-8H2,1-3H3. The molecule has 1 aromatic heterocycles. The van der Waals surface area contributed by atoms with Gasteiger partial charge in [-0.15, -0.1) is 0 Å². The van der Waals surface area contributed by atoms with Crippen molar-refractivity contribution in [2.45, 2.75) is 58.6 Å². The van der Waals surface area contributed by atoms with Gasteiger partial charge in [-0.1, -0.05) is 13.8 Å². The minimum Gasteiger partial charge on any atom is -0.388 e. The first-order chi connectivity index (χ1) is 7.50. The predicted octanol–water partition coefficient (Wildman–Crippen LogP) is 2.17. The van der Waals surface area contributed by atoms with Crippen molar-refractivity contribution >= 4 is 0 Å². The van der Waals surface area contributed by atoms with E-state index in [9.17, 15) is 5.11 Å². The molecule has 2 rings (SSSR count). The second-order valence-corrected chi connectivity index (χ2v) is 5.48. The number of hydrogen-bond donors (Lipinski definition) is 1. The van der Waals surface area contributed by atoms with Gasteiger partial charge in [-0.3, -0.25) is 0 Å². The second-order valence-electron chi connectivity index (χ2n) is 5.48. The van der Waals surface area contributed by atoms with Crippen molar-refractivity contribution in [3.8, 4) is 0 Å². The lowest BCUT2D eigenvalue weighted by Gasteiger charge is -2.29. The fraction of sp³-hybridized carbons (Fsp3) is 0.769. The minimum atomic E-state index is -0.647. The summed E-state index contributed by atoms with van der Waals surface area (Å²) in [6, 6.07) is 0. The number of hydrogen-bond acceptors (Lipinski definition) is 2. The number of aromatic nitrogens is 2. The average Bonchev–Trinajstić information content (AvgIpc) is 2.61. The smallest absolute Gasteiger partial charge is 0.0952 e. The molecular formula is C13H22N2O. The van der Waals surface area contributed by atoms with Gasteiger partial charge in [0, 0.05) is 5.69 Å². The minimum absolute atomic E-state index is 0.258. The van der Waals surface area contributed by atoms with E-state index >= 15 is 0 Å². The lowest BCUT2D eigenvalue weighted by molar-refractivity contribution is -0.00340. The molecule has 1 aliphatic rings. The van der Waals surface area contributed by atoms with Crippen LogP contribution in [0.15, 0.2) is 6.33 Å². The van der Waals surface area contributed by atoms with Crippen molar-refractivity contribution in [1.29, 1.82) is 0 Å². The van der Waals surface area contributed by atoms with E-state index in [1.165, 1.54) is 24.2 Å². The van der Waals surface area contributed by atoms with Gasteiger partial charge in [-0.25, -0.2) is 4.98 Å². The summed E-state index contributed by atoms with van der Waals surface area (Å²) < 4.78 is 2.15. The molecule has 0 saturated carbocycles. The number of imidazole rings is 1. The van der Waals surface area contributed by atoms with Gasteiger partial charge in [0.15, 0.2) is 0 Å². The third-order valence-corrected chi connectivity index (χ3v) is 3.84. The summed E-state index contributed by atoms with van der Waals surface area (Å²) in [5.74, 6) is 0.258. The molecule has 0 fully saturated rings. The van der Waals surface area contributed by atoms with Gasteiger partial charge >= 0.3 is 0 Å². The molecule has 1 unspecified atom stereocenters. The van der Waals surface area contributed by atoms with Gasteiger partial charge in [0.2, 0.25) is 0 Å². The van der Waals surface area contributed by atoms with E-state index in [4.69, 9.17) is 0 Å². The molecule has 1 aliphatic carbocycles. The maximum absolute atomic E-state index is 10.3. The molecule has 3 nitrogen and oxygen atoms in total. The lowest BCUT2D eigenvalue weighted by atomic mass is 9.92. The molecule has 0 amide bonds. The monoisotopic (exact) mass is 222 g/mol. The lowest BCUT2D eigenvalue weighted by Crippen LogP contribution is -2.36. The molecule has 90 valence electrons. The predicted molar refractivity (Wildman–Crippen MR) is 64.3 cm³/mol. The number of aryl methyl sites for hydroxylation is 1. The molecule has 0 radical (unpaired) electrons. The summed E-state index contributed by atoms with van der Waals surface area (Å²) in [5, 5.41) is 10.3. The van der Waals surface area contributed by atoms with Crippen molar-refractivity contribution in [1.82, 2.24) is 9.55 Å². The summed E-state index contributed by atoms with van der Waals surface area (Å²) in [4.78, 5) is 4.45. The molecule has 0 bridgehead atoms. The van der Waals surface area contributed by atoms with Crippen molar-refractivity contribution < 1.29 is 5.11 Å². The molecule has 1 aromatic rings. The highest BCUT2D eigenvalue weighted by Crippen LogP contribution is 2.24. The van der Waals surface area contributed by atoms with Crippen LogP contribution in [0.5, 0.6) is 0 Å². The maximum Gasteiger partial charge on any atom is 0.0952 e. The fourth-order valence-electron chi connectivity index (χ4n) is 2.19. The molecule has 1 atom stereocenters. The molecule has 1 heterocycles. The topological polar surface area (TPSA) is 38.0 Å². The maximum atomic E-state index is 10.3. The van der Waals surface area contributed by atoms with E-state index in [1.54, 1.807) is 0 Å². The Bertz CT molecular complexity index is 366. The third kappa shape index (κ3) is 2.14. The SMILES string of the molecule is CC(C)C(C)(O)Cn1cnc2c1CCCC2. The largest absolute Gasteiger partial charge is 0.388 e. The Morgan fingerprint density at radius 2 is 2.12 bits per heavy atom. The van der Waals surface area contributed by atoms with Gasteiger partial charge in [-0.05, 0) is 38.5 Å². The highest BCUT2D eigenvalue weighted by atomic mass is 16.3. The normalized spacial score (nSPS) is 19.6. The first-order valence-corrected chi connectivity index (χ1v) is 6.26. The number of aliphatic hydroxyl groups is 1. The quantitative estimate of drug-likeness (QED) is 0.851. The van der Waals surface area contributed by atoms with Crippen molar-refractivity contribution in [3.63, 3.8) is 0 Å². The molecule has 0 aliphatic heterocycles.